The summed E-state index contributed by atoms with van der Waals surface area (Å²) in [6, 6.07) is 0. The Hall–Kier alpha value is -1.33. The maximum atomic E-state index is 4.27. The maximum absolute atomic E-state index is 4.27. The molecule has 0 aliphatic carbocycles. The summed E-state index contributed by atoms with van der Waals surface area (Å²) in [5.74, 6) is 0.821. The van der Waals surface area contributed by atoms with Crippen molar-refractivity contribution in [3.05, 3.63) is 24.4 Å². The van der Waals surface area contributed by atoms with Crippen LogP contribution < -0.4 is 16.3 Å². The molecule has 1 heterocycles. The Balaban J connectivity index is 2.70. The number of hydrogen-bond acceptors (Lipinski definition) is 4. The van der Waals surface area contributed by atoms with Crippen LogP contribution in [0.2, 0.25) is 0 Å². The third-order valence-corrected chi connectivity index (χ3v) is 1.62. The van der Waals surface area contributed by atoms with Gasteiger partial charge in [0.15, 0.2) is 0 Å². The van der Waals surface area contributed by atoms with E-state index in [0.717, 1.165) is 24.6 Å². The summed E-state index contributed by atoms with van der Waals surface area (Å²) in [5.41, 5.74) is 10.1. The molecule has 0 bridgehead atoms. The molecule has 0 unspecified atom stereocenters. The predicted molar refractivity (Wildman–Crippen MR) is 58.0 cm³/mol. The lowest BCUT2D eigenvalue weighted by Crippen LogP contribution is -2.59. The Morgan fingerprint density at radius 3 is 2.93 bits per heavy atom. The number of allylic oxidation sites excluding steroid dienone is 1. The van der Waals surface area contributed by atoms with Crippen LogP contribution >= 0.6 is 0 Å². The van der Waals surface area contributed by atoms with Gasteiger partial charge in [-0.05, 0) is 13.0 Å². The molecule has 0 spiro atoms. The van der Waals surface area contributed by atoms with Crippen molar-refractivity contribution in [2.75, 3.05) is 13.1 Å². The Bertz CT molecular complexity index is 256. The second kappa shape index (κ2) is 5.41. The van der Waals surface area contributed by atoms with Gasteiger partial charge in [0.25, 0.3) is 0 Å². The molecule has 0 atom stereocenters. The minimum atomic E-state index is 0.753. The van der Waals surface area contributed by atoms with Crippen molar-refractivity contribution < 1.29 is 0 Å². The average molecular weight is 195 g/mol. The van der Waals surface area contributed by atoms with Crippen molar-refractivity contribution >= 4 is 5.84 Å². The van der Waals surface area contributed by atoms with E-state index < -0.39 is 0 Å². The summed E-state index contributed by atoms with van der Waals surface area (Å²) in [5, 5.41) is 1.67. The van der Waals surface area contributed by atoms with Crippen LogP contribution in [-0.2, 0) is 0 Å². The van der Waals surface area contributed by atoms with Crippen LogP contribution in [0.25, 0.3) is 0 Å². The van der Waals surface area contributed by atoms with Crippen molar-refractivity contribution in [3.8, 4) is 0 Å². The molecule has 0 amide bonds. The lowest BCUT2D eigenvalue weighted by Gasteiger charge is -2.29. The van der Waals surface area contributed by atoms with Crippen LogP contribution in [0.4, 0.5) is 0 Å². The van der Waals surface area contributed by atoms with Crippen LogP contribution in [0.15, 0.2) is 29.4 Å². The van der Waals surface area contributed by atoms with Gasteiger partial charge in [-0.15, -0.1) is 0 Å². The minimum absolute atomic E-state index is 0.753. The van der Waals surface area contributed by atoms with Gasteiger partial charge in [-0.2, -0.15) is 0 Å². The molecule has 0 radical (unpaired) electrons. The molecular weight excluding hydrogens is 178 g/mol. The number of nitrogens with one attached hydrogen (secondary N) is 3. The second-order valence-corrected chi connectivity index (χ2v) is 2.73. The largest absolute Gasteiger partial charge is 0.287 e. The third-order valence-electron chi connectivity index (χ3n) is 1.62. The fraction of sp³-hybridized carbons (Fsp3) is 0.444. The molecule has 1 aliphatic rings. The first kappa shape index (κ1) is 10.7. The van der Waals surface area contributed by atoms with E-state index in [0.29, 0.717) is 0 Å². The molecule has 0 saturated heterocycles. The molecular formula is C9H17N5. The number of amidine groups is 1. The molecule has 1 rings (SSSR count). The Morgan fingerprint density at radius 1 is 1.57 bits per heavy atom. The zero-order chi connectivity index (χ0) is 10.4. The Labute approximate surface area is 84.5 Å². The molecule has 0 aromatic heterocycles. The Kier molecular flexibility index (Phi) is 4.15. The molecule has 14 heavy (non-hydrogen) atoms. The van der Waals surface area contributed by atoms with Crippen LogP contribution in [-0.4, -0.2) is 24.2 Å². The van der Waals surface area contributed by atoms with E-state index in [2.05, 4.69) is 27.8 Å². The summed E-state index contributed by atoms with van der Waals surface area (Å²) in [6.45, 7) is 9.30. The van der Waals surface area contributed by atoms with Gasteiger partial charge in [-0.3, -0.25) is 15.8 Å². The fourth-order valence-corrected chi connectivity index (χ4v) is 1.08. The highest BCUT2D eigenvalue weighted by Gasteiger charge is 2.11. The third kappa shape index (κ3) is 2.86. The van der Waals surface area contributed by atoms with Gasteiger partial charge in [0.05, 0.1) is 5.70 Å². The SMILES string of the molecule is C=CC1=CC(=NCC)NN(NCC)N1. The highest BCUT2D eigenvalue weighted by atomic mass is 15.9. The first-order chi connectivity index (χ1) is 6.80. The summed E-state index contributed by atoms with van der Waals surface area (Å²) >= 11 is 0. The normalized spacial score (nSPS) is 19.9. The van der Waals surface area contributed by atoms with Crippen molar-refractivity contribution in [1.82, 2.24) is 21.5 Å². The zero-order valence-corrected chi connectivity index (χ0v) is 8.67. The highest BCUT2D eigenvalue weighted by Crippen LogP contribution is 1.97. The van der Waals surface area contributed by atoms with Gasteiger partial charge in [-0.1, -0.05) is 18.7 Å². The Morgan fingerprint density at radius 2 is 2.36 bits per heavy atom. The number of rotatable bonds is 4. The predicted octanol–water partition coefficient (Wildman–Crippen LogP) is 0.324. The monoisotopic (exact) mass is 195 g/mol. The number of aliphatic imine (C=N–C) groups is 1. The molecule has 78 valence electrons. The second-order valence-electron chi connectivity index (χ2n) is 2.73. The smallest absolute Gasteiger partial charge is 0.140 e. The first-order valence-corrected chi connectivity index (χ1v) is 4.75. The number of hydrazine groups is 3. The van der Waals surface area contributed by atoms with Gasteiger partial charge >= 0.3 is 0 Å². The first-order valence-electron chi connectivity index (χ1n) is 4.75. The molecule has 0 aromatic rings. The molecule has 3 N–H and O–H groups in total. The van der Waals surface area contributed by atoms with Crippen LogP contribution in [0.3, 0.4) is 0 Å². The summed E-state index contributed by atoms with van der Waals surface area (Å²) in [6.07, 6.45) is 3.65. The summed E-state index contributed by atoms with van der Waals surface area (Å²) in [7, 11) is 0. The van der Waals surface area contributed by atoms with Gasteiger partial charge in [-0.25, -0.2) is 5.43 Å². The van der Waals surface area contributed by atoms with Gasteiger partial charge in [0.1, 0.15) is 5.84 Å². The van der Waals surface area contributed by atoms with Crippen molar-refractivity contribution in [2.24, 2.45) is 4.99 Å². The summed E-state index contributed by atoms with van der Waals surface area (Å²) < 4.78 is 0. The van der Waals surface area contributed by atoms with E-state index in [9.17, 15) is 0 Å². The van der Waals surface area contributed by atoms with Crippen molar-refractivity contribution in [2.45, 2.75) is 13.8 Å². The van der Waals surface area contributed by atoms with Crippen molar-refractivity contribution in [1.29, 1.82) is 0 Å². The van der Waals surface area contributed by atoms with E-state index >= 15 is 0 Å². The van der Waals surface area contributed by atoms with Gasteiger partial charge < -0.3 is 0 Å². The molecule has 5 nitrogen and oxygen atoms in total. The van der Waals surface area contributed by atoms with E-state index in [1.54, 1.807) is 11.3 Å². The van der Waals surface area contributed by atoms with E-state index in [4.69, 9.17) is 0 Å². The number of nitrogens with zero attached hydrogens (tertiary/aromatic N) is 2. The molecule has 0 saturated carbocycles. The molecule has 0 aromatic carbocycles. The number of hydrogen-bond donors (Lipinski definition) is 3. The van der Waals surface area contributed by atoms with Crippen LogP contribution in [0, 0.1) is 0 Å². The quantitative estimate of drug-likeness (QED) is 0.605. The zero-order valence-electron chi connectivity index (χ0n) is 8.67. The minimum Gasteiger partial charge on any atom is -0.287 e. The van der Waals surface area contributed by atoms with Gasteiger partial charge in [0, 0.05) is 19.2 Å². The fourth-order valence-electron chi connectivity index (χ4n) is 1.08. The standard InChI is InChI=1S/C9H17N5/c1-4-8-7-9(10-5-2)13-14(12-8)11-6-3/h4,7,11-12H,1,5-6H2,2-3H3,(H,10,13). The van der Waals surface area contributed by atoms with Crippen LogP contribution in [0.5, 0.6) is 0 Å². The van der Waals surface area contributed by atoms with Crippen molar-refractivity contribution in [3.63, 3.8) is 0 Å². The molecule has 0 fully saturated rings. The highest BCUT2D eigenvalue weighted by molar-refractivity contribution is 5.94. The molecule has 5 heteroatoms. The van der Waals surface area contributed by atoms with E-state index in [1.807, 2.05) is 19.9 Å². The molecule has 1 aliphatic heterocycles. The maximum Gasteiger partial charge on any atom is 0.140 e. The lowest BCUT2D eigenvalue weighted by atomic mass is 10.3. The topological polar surface area (TPSA) is 51.7 Å². The average Bonchev–Trinajstić information content (AvgIpc) is 2.18. The van der Waals surface area contributed by atoms with E-state index in [1.165, 1.54) is 0 Å². The van der Waals surface area contributed by atoms with E-state index in [-0.39, 0.29) is 0 Å². The van der Waals surface area contributed by atoms with Crippen LogP contribution in [0.1, 0.15) is 13.8 Å². The summed E-state index contributed by atoms with van der Waals surface area (Å²) in [4.78, 5) is 4.27. The lowest BCUT2D eigenvalue weighted by molar-refractivity contribution is 0.0985. The van der Waals surface area contributed by atoms with Gasteiger partial charge in [0.2, 0.25) is 0 Å².